The van der Waals surface area contributed by atoms with Crippen LogP contribution < -0.4 is 4.90 Å². The zero-order valence-corrected chi connectivity index (χ0v) is 10.8. The first-order chi connectivity index (χ1) is 9.56. The first-order valence-electron chi connectivity index (χ1n) is 5.86. The Morgan fingerprint density at radius 3 is 2.55 bits per heavy atom. The highest BCUT2D eigenvalue weighted by Gasteiger charge is 2.19. The minimum Gasteiger partial charge on any atom is -0.480 e. The average Bonchev–Trinajstić information content (AvgIpc) is 2.89. The van der Waals surface area contributed by atoms with Crippen molar-refractivity contribution in [2.75, 3.05) is 11.4 Å². The van der Waals surface area contributed by atoms with Crippen LogP contribution in [0.3, 0.4) is 0 Å². The molecule has 0 unspecified atom stereocenters. The fourth-order valence-corrected chi connectivity index (χ4v) is 1.66. The molecule has 1 aromatic carbocycles. The van der Waals surface area contributed by atoms with Crippen LogP contribution in [-0.2, 0) is 16.1 Å². The van der Waals surface area contributed by atoms with Crippen molar-refractivity contribution in [2.24, 2.45) is 0 Å². The lowest BCUT2D eigenvalue weighted by Gasteiger charge is -2.20. The van der Waals surface area contributed by atoms with Gasteiger partial charge in [0.1, 0.15) is 19.4 Å². The van der Waals surface area contributed by atoms with E-state index in [0.29, 0.717) is 5.69 Å². The highest BCUT2D eigenvalue weighted by molar-refractivity contribution is 5.97. The lowest BCUT2D eigenvalue weighted by atomic mass is 10.2. The van der Waals surface area contributed by atoms with Crippen LogP contribution in [0.2, 0.25) is 0 Å². The summed E-state index contributed by atoms with van der Waals surface area (Å²) in [5.41, 5.74) is 1.55. The highest BCUT2D eigenvalue weighted by atomic mass is 16.4. The summed E-state index contributed by atoms with van der Waals surface area (Å²) in [5, 5.41) is 19.4. The Bertz CT molecular complexity index is 594. The molecule has 0 radical (unpaired) electrons. The van der Waals surface area contributed by atoms with Gasteiger partial charge in [-0.2, -0.15) is 0 Å². The number of rotatable bonds is 5. The van der Waals surface area contributed by atoms with Gasteiger partial charge in [0, 0.05) is 5.69 Å². The summed E-state index contributed by atoms with van der Waals surface area (Å²) in [6.07, 6.45) is 1.30. The van der Waals surface area contributed by atoms with Crippen molar-refractivity contribution in [3.05, 3.63) is 36.2 Å². The number of hydrogen-bond acceptors (Lipinski definition) is 5. The Hall–Kier alpha value is -2.77. The number of carbonyl (C=O) groups excluding carboxylic acids is 1. The Balaban J connectivity index is 2.20. The van der Waals surface area contributed by atoms with E-state index >= 15 is 0 Å². The van der Waals surface area contributed by atoms with Crippen LogP contribution >= 0.6 is 0 Å². The van der Waals surface area contributed by atoms with Gasteiger partial charge in [0.05, 0.1) is 0 Å². The number of amides is 1. The van der Waals surface area contributed by atoms with Crippen LogP contribution in [0.1, 0.15) is 5.56 Å². The van der Waals surface area contributed by atoms with E-state index in [1.165, 1.54) is 15.9 Å². The maximum absolute atomic E-state index is 12.2. The summed E-state index contributed by atoms with van der Waals surface area (Å²) < 4.78 is 1.24. The monoisotopic (exact) mass is 275 g/mol. The molecule has 0 saturated heterocycles. The number of tetrazole rings is 1. The molecule has 0 aliphatic heterocycles. The number of anilines is 1. The molecular formula is C12H13N5O3. The van der Waals surface area contributed by atoms with E-state index in [1.54, 1.807) is 12.1 Å². The zero-order chi connectivity index (χ0) is 14.5. The van der Waals surface area contributed by atoms with E-state index < -0.39 is 18.4 Å². The summed E-state index contributed by atoms with van der Waals surface area (Å²) >= 11 is 0. The smallest absolute Gasteiger partial charge is 0.323 e. The number of aromatic nitrogens is 4. The molecule has 0 aliphatic carbocycles. The van der Waals surface area contributed by atoms with Gasteiger partial charge in [0.15, 0.2) is 0 Å². The molecule has 0 spiro atoms. The van der Waals surface area contributed by atoms with E-state index in [-0.39, 0.29) is 6.54 Å². The van der Waals surface area contributed by atoms with E-state index in [4.69, 9.17) is 5.11 Å². The standard InChI is InChI=1S/C12H13N5O3/c1-9-2-4-10(5-3-9)17(7-12(19)20)11(18)6-16-8-13-14-15-16/h2-5,8H,6-7H2,1H3,(H,19,20). The second kappa shape index (κ2) is 5.91. The molecule has 8 heteroatoms. The predicted molar refractivity (Wildman–Crippen MR) is 69.0 cm³/mol. The number of aliphatic carboxylic acids is 1. The Kier molecular flexibility index (Phi) is 4.04. The van der Waals surface area contributed by atoms with Crippen molar-refractivity contribution in [1.29, 1.82) is 0 Å². The van der Waals surface area contributed by atoms with Crippen LogP contribution in [0.4, 0.5) is 5.69 Å². The van der Waals surface area contributed by atoms with Gasteiger partial charge in [-0.1, -0.05) is 17.7 Å². The minimum absolute atomic E-state index is 0.117. The molecule has 2 aromatic rings. The van der Waals surface area contributed by atoms with E-state index in [1.807, 2.05) is 19.1 Å². The van der Waals surface area contributed by atoms with E-state index in [9.17, 15) is 9.59 Å². The molecule has 8 nitrogen and oxygen atoms in total. The Morgan fingerprint density at radius 2 is 2.00 bits per heavy atom. The van der Waals surface area contributed by atoms with Gasteiger partial charge in [0.25, 0.3) is 0 Å². The maximum Gasteiger partial charge on any atom is 0.323 e. The molecule has 1 N–H and O–H groups in total. The average molecular weight is 275 g/mol. The van der Waals surface area contributed by atoms with Gasteiger partial charge < -0.3 is 5.11 Å². The predicted octanol–water partition coefficient (Wildman–Crippen LogP) is 0.0993. The second-order valence-electron chi connectivity index (χ2n) is 4.22. The minimum atomic E-state index is -1.09. The van der Waals surface area contributed by atoms with Crippen molar-refractivity contribution in [3.8, 4) is 0 Å². The van der Waals surface area contributed by atoms with Crippen molar-refractivity contribution >= 4 is 17.6 Å². The third-order valence-electron chi connectivity index (χ3n) is 2.63. The molecule has 104 valence electrons. The van der Waals surface area contributed by atoms with Crippen molar-refractivity contribution < 1.29 is 14.7 Å². The second-order valence-corrected chi connectivity index (χ2v) is 4.22. The normalized spacial score (nSPS) is 10.2. The first-order valence-corrected chi connectivity index (χ1v) is 5.86. The third kappa shape index (κ3) is 3.37. The summed E-state index contributed by atoms with van der Waals surface area (Å²) in [6, 6.07) is 7.04. The first kappa shape index (κ1) is 13.7. The van der Waals surface area contributed by atoms with E-state index in [0.717, 1.165) is 5.56 Å². The van der Waals surface area contributed by atoms with Crippen LogP contribution in [0.15, 0.2) is 30.6 Å². The number of aryl methyl sites for hydroxylation is 1. The molecular weight excluding hydrogens is 262 g/mol. The molecule has 1 heterocycles. The van der Waals surface area contributed by atoms with Crippen LogP contribution in [0, 0.1) is 6.92 Å². The fraction of sp³-hybridized carbons (Fsp3) is 0.250. The van der Waals surface area contributed by atoms with Crippen LogP contribution in [-0.4, -0.2) is 43.7 Å². The fourth-order valence-electron chi connectivity index (χ4n) is 1.66. The lowest BCUT2D eigenvalue weighted by molar-refractivity contribution is -0.136. The molecule has 0 aliphatic rings. The quantitative estimate of drug-likeness (QED) is 0.830. The number of carbonyl (C=O) groups is 2. The topological polar surface area (TPSA) is 101 Å². The molecule has 0 bridgehead atoms. The molecule has 1 aromatic heterocycles. The number of benzene rings is 1. The summed E-state index contributed by atoms with van der Waals surface area (Å²) in [5.74, 6) is -1.49. The van der Waals surface area contributed by atoms with Crippen molar-refractivity contribution in [3.63, 3.8) is 0 Å². The lowest BCUT2D eigenvalue weighted by Crippen LogP contribution is -2.38. The van der Waals surface area contributed by atoms with Crippen molar-refractivity contribution in [1.82, 2.24) is 20.2 Å². The molecule has 0 saturated carbocycles. The SMILES string of the molecule is Cc1ccc(N(CC(=O)O)C(=O)Cn2cnnn2)cc1. The largest absolute Gasteiger partial charge is 0.480 e. The van der Waals surface area contributed by atoms with E-state index in [2.05, 4.69) is 15.5 Å². The summed E-state index contributed by atoms with van der Waals surface area (Å²) in [7, 11) is 0. The molecule has 2 rings (SSSR count). The number of carboxylic acids is 1. The van der Waals surface area contributed by atoms with Gasteiger partial charge in [0.2, 0.25) is 5.91 Å². The Labute approximate surface area is 114 Å². The number of hydrogen-bond donors (Lipinski definition) is 1. The third-order valence-corrected chi connectivity index (χ3v) is 2.63. The van der Waals surface area contributed by atoms with Gasteiger partial charge in [-0.05, 0) is 29.5 Å². The Morgan fingerprint density at radius 1 is 1.30 bits per heavy atom. The van der Waals surface area contributed by atoms with Gasteiger partial charge in [-0.3, -0.25) is 14.5 Å². The maximum atomic E-state index is 12.2. The van der Waals surface area contributed by atoms with Crippen LogP contribution in [0.25, 0.3) is 0 Å². The van der Waals surface area contributed by atoms with Gasteiger partial charge in [-0.15, -0.1) is 5.10 Å². The van der Waals surface area contributed by atoms with Crippen molar-refractivity contribution in [2.45, 2.75) is 13.5 Å². The molecule has 0 atom stereocenters. The summed E-state index contributed by atoms with van der Waals surface area (Å²) in [4.78, 5) is 24.3. The number of carboxylic acid groups (broad SMARTS) is 1. The van der Waals surface area contributed by atoms with Gasteiger partial charge >= 0.3 is 5.97 Å². The zero-order valence-electron chi connectivity index (χ0n) is 10.8. The molecule has 0 fully saturated rings. The molecule has 1 amide bonds. The van der Waals surface area contributed by atoms with Gasteiger partial charge in [-0.25, -0.2) is 4.68 Å². The highest BCUT2D eigenvalue weighted by Crippen LogP contribution is 2.15. The van der Waals surface area contributed by atoms with Crippen LogP contribution in [0.5, 0.6) is 0 Å². The summed E-state index contributed by atoms with van der Waals surface area (Å²) in [6.45, 7) is 1.38. The number of nitrogens with zero attached hydrogens (tertiary/aromatic N) is 5. The molecule has 20 heavy (non-hydrogen) atoms.